The van der Waals surface area contributed by atoms with Crippen LogP contribution in [0.2, 0.25) is 0 Å². The summed E-state index contributed by atoms with van der Waals surface area (Å²) in [6.45, 7) is 0. The highest BCUT2D eigenvalue weighted by atomic mass is 32.1. The molecule has 116 valence electrons. The highest BCUT2D eigenvalue weighted by molar-refractivity contribution is 7.18. The summed E-state index contributed by atoms with van der Waals surface area (Å²) >= 11 is 1.57. The number of anilines is 2. The van der Waals surface area contributed by atoms with Crippen molar-refractivity contribution in [3.63, 3.8) is 0 Å². The van der Waals surface area contributed by atoms with Gasteiger partial charge in [0.15, 0.2) is 0 Å². The summed E-state index contributed by atoms with van der Waals surface area (Å²) in [4.78, 5) is 4.04. The Labute approximate surface area is 143 Å². The van der Waals surface area contributed by atoms with Crippen molar-refractivity contribution >= 4 is 22.7 Å². The van der Waals surface area contributed by atoms with Gasteiger partial charge < -0.3 is 5.32 Å². The quantitative estimate of drug-likeness (QED) is 0.571. The SMILES string of the molecule is c1ccc(Nc2ccccc2-c2nnc(-c3ccncc3)s2)cc1. The van der Waals surface area contributed by atoms with Gasteiger partial charge in [0, 0.05) is 34.9 Å². The van der Waals surface area contributed by atoms with E-state index in [4.69, 9.17) is 0 Å². The molecule has 2 heterocycles. The first kappa shape index (κ1) is 14.5. The molecule has 2 aromatic heterocycles. The molecule has 1 N–H and O–H groups in total. The number of rotatable bonds is 4. The van der Waals surface area contributed by atoms with Crippen LogP contribution >= 0.6 is 11.3 Å². The van der Waals surface area contributed by atoms with Crippen LogP contribution in [0, 0.1) is 0 Å². The molecule has 5 heteroatoms. The minimum absolute atomic E-state index is 0.890. The Morgan fingerprint density at radius 2 is 1.42 bits per heavy atom. The summed E-state index contributed by atoms with van der Waals surface area (Å²) in [5.74, 6) is 0. The Balaban J connectivity index is 1.69. The van der Waals surface area contributed by atoms with Gasteiger partial charge in [-0.2, -0.15) is 0 Å². The van der Waals surface area contributed by atoms with E-state index < -0.39 is 0 Å². The number of nitrogens with one attached hydrogen (secondary N) is 1. The van der Waals surface area contributed by atoms with Crippen molar-refractivity contribution < 1.29 is 0 Å². The van der Waals surface area contributed by atoms with E-state index in [-0.39, 0.29) is 0 Å². The second kappa shape index (κ2) is 6.60. The Morgan fingerprint density at radius 1 is 0.708 bits per heavy atom. The molecule has 0 aliphatic heterocycles. The van der Waals surface area contributed by atoms with Gasteiger partial charge in [-0.05, 0) is 36.4 Å². The summed E-state index contributed by atoms with van der Waals surface area (Å²) in [7, 11) is 0. The zero-order valence-electron chi connectivity index (χ0n) is 12.8. The van der Waals surface area contributed by atoms with Gasteiger partial charge >= 0.3 is 0 Å². The highest BCUT2D eigenvalue weighted by Gasteiger charge is 2.12. The maximum Gasteiger partial charge on any atom is 0.150 e. The Hall–Kier alpha value is -3.05. The van der Waals surface area contributed by atoms with Gasteiger partial charge in [-0.15, -0.1) is 10.2 Å². The number of hydrogen-bond acceptors (Lipinski definition) is 5. The third-order valence-electron chi connectivity index (χ3n) is 3.56. The average Bonchev–Trinajstić information content (AvgIpc) is 3.14. The molecule has 0 atom stereocenters. The molecule has 0 saturated heterocycles. The van der Waals surface area contributed by atoms with Crippen LogP contribution in [0.5, 0.6) is 0 Å². The van der Waals surface area contributed by atoms with Gasteiger partial charge in [0.25, 0.3) is 0 Å². The smallest absolute Gasteiger partial charge is 0.150 e. The highest BCUT2D eigenvalue weighted by Crippen LogP contribution is 2.34. The molecule has 4 aromatic rings. The summed E-state index contributed by atoms with van der Waals surface area (Å²) < 4.78 is 0. The maximum absolute atomic E-state index is 4.37. The fourth-order valence-electron chi connectivity index (χ4n) is 2.40. The second-order valence-electron chi connectivity index (χ2n) is 5.18. The van der Waals surface area contributed by atoms with Crippen LogP contribution < -0.4 is 5.32 Å². The summed E-state index contributed by atoms with van der Waals surface area (Å²) in [6.07, 6.45) is 3.53. The topological polar surface area (TPSA) is 50.7 Å². The fourth-order valence-corrected chi connectivity index (χ4v) is 3.29. The molecule has 0 aliphatic rings. The zero-order chi connectivity index (χ0) is 16.2. The molecule has 24 heavy (non-hydrogen) atoms. The molecule has 0 fully saturated rings. The number of aromatic nitrogens is 3. The van der Waals surface area contributed by atoms with Crippen LogP contribution in [0.25, 0.3) is 21.1 Å². The lowest BCUT2D eigenvalue weighted by molar-refractivity contribution is 1.10. The lowest BCUT2D eigenvalue weighted by atomic mass is 10.2. The number of hydrogen-bond donors (Lipinski definition) is 1. The Bertz CT molecular complexity index is 936. The lowest BCUT2D eigenvalue weighted by Gasteiger charge is -2.09. The monoisotopic (exact) mass is 330 g/mol. The maximum atomic E-state index is 4.37. The summed E-state index contributed by atoms with van der Waals surface area (Å²) in [5, 5.41) is 13.9. The molecule has 4 nitrogen and oxygen atoms in total. The molecule has 0 bridgehead atoms. The molecule has 4 rings (SSSR count). The third-order valence-corrected chi connectivity index (χ3v) is 4.57. The molecular weight excluding hydrogens is 316 g/mol. The Kier molecular flexibility index (Phi) is 4.00. The number of benzene rings is 2. The van der Waals surface area contributed by atoms with E-state index >= 15 is 0 Å². The van der Waals surface area contributed by atoms with Gasteiger partial charge in [-0.1, -0.05) is 41.7 Å². The van der Waals surface area contributed by atoms with Gasteiger partial charge in [-0.3, -0.25) is 4.98 Å². The van der Waals surface area contributed by atoms with Crippen LogP contribution in [0.3, 0.4) is 0 Å². The van der Waals surface area contributed by atoms with Crippen molar-refractivity contribution in [1.82, 2.24) is 15.2 Å². The van der Waals surface area contributed by atoms with Crippen LogP contribution in [-0.2, 0) is 0 Å². The van der Waals surface area contributed by atoms with E-state index in [9.17, 15) is 0 Å². The van der Waals surface area contributed by atoms with E-state index in [0.717, 1.165) is 32.5 Å². The van der Waals surface area contributed by atoms with E-state index in [2.05, 4.69) is 32.6 Å². The normalized spacial score (nSPS) is 10.5. The molecule has 0 aliphatic carbocycles. The van der Waals surface area contributed by atoms with Crippen molar-refractivity contribution in [1.29, 1.82) is 0 Å². The van der Waals surface area contributed by atoms with Crippen molar-refractivity contribution in [2.45, 2.75) is 0 Å². The molecule has 0 spiro atoms. The molecule has 0 amide bonds. The first-order chi connectivity index (χ1) is 11.9. The minimum Gasteiger partial charge on any atom is -0.355 e. The number of nitrogens with zero attached hydrogens (tertiary/aromatic N) is 3. The van der Waals surface area contributed by atoms with Crippen LogP contribution in [0.1, 0.15) is 0 Å². The molecule has 0 unspecified atom stereocenters. The molecule has 0 radical (unpaired) electrons. The summed E-state index contributed by atoms with van der Waals surface area (Å²) in [6, 6.07) is 22.1. The first-order valence-corrected chi connectivity index (χ1v) is 8.37. The van der Waals surface area contributed by atoms with E-state index in [1.165, 1.54) is 0 Å². The van der Waals surface area contributed by atoms with E-state index in [1.54, 1.807) is 23.7 Å². The van der Waals surface area contributed by atoms with E-state index in [1.807, 2.05) is 54.6 Å². The van der Waals surface area contributed by atoms with Crippen molar-refractivity contribution in [3.8, 4) is 21.1 Å². The van der Waals surface area contributed by atoms with Crippen molar-refractivity contribution in [2.75, 3.05) is 5.32 Å². The van der Waals surface area contributed by atoms with Crippen molar-refractivity contribution in [3.05, 3.63) is 79.1 Å². The van der Waals surface area contributed by atoms with Gasteiger partial charge in [0.2, 0.25) is 0 Å². The van der Waals surface area contributed by atoms with Gasteiger partial charge in [0.05, 0.1) is 0 Å². The minimum atomic E-state index is 0.890. The van der Waals surface area contributed by atoms with Gasteiger partial charge in [0.1, 0.15) is 10.0 Å². The molecule has 2 aromatic carbocycles. The fraction of sp³-hybridized carbons (Fsp3) is 0. The third kappa shape index (κ3) is 3.02. The van der Waals surface area contributed by atoms with Crippen LogP contribution in [-0.4, -0.2) is 15.2 Å². The predicted molar refractivity (Wildman–Crippen MR) is 98.3 cm³/mol. The van der Waals surface area contributed by atoms with Crippen LogP contribution in [0.15, 0.2) is 79.1 Å². The standard InChI is InChI=1S/C19H14N4S/c1-2-6-15(7-3-1)21-17-9-5-4-8-16(17)19-23-22-18(24-19)14-10-12-20-13-11-14/h1-13,21H. The Morgan fingerprint density at radius 3 is 2.25 bits per heavy atom. The van der Waals surface area contributed by atoms with Crippen molar-refractivity contribution in [2.24, 2.45) is 0 Å². The van der Waals surface area contributed by atoms with Gasteiger partial charge in [-0.25, -0.2) is 0 Å². The predicted octanol–water partition coefficient (Wildman–Crippen LogP) is 5.01. The largest absolute Gasteiger partial charge is 0.355 e. The average molecular weight is 330 g/mol. The summed E-state index contributed by atoms with van der Waals surface area (Å²) in [5.41, 5.74) is 4.13. The lowest BCUT2D eigenvalue weighted by Crippen LogP contribution is -1.92. The number of pyridine rings is 1. The first-order valence-electron chi connectivity index (χ1n) is 7.55. The molecule has 0 saturated carbocycles. The van der Waals surface area contributed by atoms with Crippen LogP contribution in [0.4, 0.5) is 11.4 Å². The second-order valence-corrected chi connectivity index (χ2v) is 6.16. The van der Waals surface area contributed by atoms with E-state index in [0.29, 0.717) is 0 Å². The number of para-hydroxylation sites is 2. The molecular formula is C19H14N4S. The zero-order valence-corrected chi connectivity index (χ0v) is 13.6.